The molecule has 0 heterocycles. The molecule has 2 aromatic rings. The van der Waals surface area contributed by atoms with Gasteiger partial charge in [-0.3, -0.25) is 25.8 Å². The number of amides is 2. The number of benzene rings is 2. The number of carbonyl (C=O) groups is 2. The molecule has 29 heavy (non-hydrogen) atoms. The van der Waals surface area contributed by atoms with Gasteiger partial charge in [-0.2, -0.15) is 0 Å². The summed E-state index contributed by atoms with van der Waals surface area (Å²) in [6, 6.07) is 11.9. The first-order chi connectivity index (χ1) is 14.0. The minimum atomic E-state index is -0.457. The van der Waals surface area contributed by atoms with E-state index in [1.165, 1.54) is 7.11 Å². The van der Waals surface area contributed by atoms with Gasteiger partial charge in [0, 0.05) is 4.47 Å². The van der Waals surface area contributed by atoms with Gasteiger partial charge in [0.2, 0.25) is 0 Å². The average molecular weight is 480 g/mol. The Morgan fingerprint density at radius 2 is 1.79 bits per heavy atom. The van der Waals surface area contributed by atoms with Crippen molar-refractivity contribution in [1.29, 1.82) is 0 Å². The maximum Gasteiger partial charge on any atom is 0.273 e. The Morgan fingerprint density at radius 3 is 2.52 bits per heavy atom. The lowest BCUT2D eigenvalue weighted by molar-refractivity contribution is 0.0931. The SMILES string of the molecule is CCCCOc1ccc(Br)cc1C(=O)NC(=S)NNC(=O)c1ccccc1OC. The number of hydrazine groups is 1. The summed E-state index contributed by atoms with van der Waals surface area (Å²) >= 11 is 8.45. The number of methoxy groups -OCH3 is 1. The molecule has 0 aromatic heterocycles. The van der Waals surface area contributed by atoms with Gasteiger partial charge in [-0.15, -0.1) is 0 Å². The van der Waals surface area contributed by atoms with E-state index in [2.05, 4.69) is 39.0 Å². The molecule has 0 spiro atoms. The summed E-state index contributed by atoms with van der Waals surface area (Å²) in [7, 11) is 1.47. The van der Waals surface area contributed by atoms with Crippen molar-refractivity contribution < 1.29 is 19.1 Å². The fraction of sp³-hybridized carbons (Fsp3) is 0.250. The summed E-state index contributed by atoms with van der Waals surface area (Å²) in [4.78, 5) is 24.9. The zero-order chi connectivity index (χ0) is 21.2. The van der Waals surface area contributed by atoms with Gasteiger partial charge in [-0.25, -0.2) is 0 Å². The summed E-state index contributed by atoms with van der Waals surface area (Å²) in [6.07, 6.45) is 1.87. The topological polar surface area (TPSA) is 88.7 Å². The van der Waals surface area contributed by atoms with E-state index in [0.717, 1.165) is 17.3 Å². The molecule has 0 aliphatic heterocycles. The number of unbranched alkanes of at least 4 members (excludes halogenated alkanes) is 1. The van der Waals surface area contributed by atoms with Crippen LogP contribution in [0.15, 0.2) is 46.9 Å². The molecule has 154 valence electrons. The number of halogens is 1. The van der Waals surface area contributed by atoms with E-state index in [9.17, 15) is 9.59 Å². The summed E-state index contributed by atoms with van der Waals surface area (Å²) < 4.78 is 11.6. The molecule has 3 N–H and O–H groups in total. The Bertz CT molecular complexity index is 892. The lowest BCUT2D eigenvalue weighted by atomic mass is 10.2. The van der Waals surface area contributed by atoms with E-state index in [-0.39, 0.29) is 5.11 Å². The fourth-order valence-electron chi connectivity index (χ4n) is 2.35. The highest BCUT2D eigenvalue weighted by Gasteiger charge is 2.16. The largest absolute Gasteiger partial charge is 0.496 e. The molecule has 2 aromatic carbocycles. The Balaban J connectivity index is 1.97. The molecular weight excluding hydrogens is 458 g/mol. The highest BCUT2D eigenvalue weighted by molar-refractivity contribution is 9.10. The van der Waals surface area contributed by atoms with Crippen LogP contribution in [0.1, 0.15) is 40.5 Å². The normalized spacial score (nSPS) is 10.0. The molecule has 0 radical (unpaired) electrons. The van der Waals surface area contributed by atoms with Gasteiger partial charge in [-0.1, -0.05) is 41.4 Å². The van der Waals surface area contributed by atoms with Crippen molar-refractivity contribution in [1.82, 2.24) is 16.2 Å². The van der Waals surface area contributed by atoms with Crippen LogP contribution in [0.25, 0.3) is 0 Å². The number of ether oxygens (including phenoxy) is 2. The molecular formula is C20H22BrN3O4S. The molecule has 9 heteroatoms. The zero-order valence-corrected chi connectivity index (χ0v) is 18.5. The van der Waals surface area contributed by atoms with Crippen molar-refractivity contribution in [2.24, 2.45) is 0 Å². The zero-order valence-electron chi connectivity index (χ0n) is 16.1. The monoisotopic (exact) mass is 479 g/mol. The second-order valence-corrected chi connectivity index (χ2v) is 7.23. The number of hydrogen-bond acceptors (Lipinski definition) is 5. The van der Waals surface area contributed by atoms with Crippen molar-refractivity contribution in [3.8, 4) is 11.5 Å². The minimum Gasteiger partial charge on any atom is -0.496 e. The Hall–Kier alpha value is -2.65. The first-order valence-electron chi connectivity index (χ1n) is 8.93. The Morgan fingerprint density at radius 1 is 1.03 bits per heavy atom. The number of rotatable bonds is 7. The second kappa shape index (κ2) is 11.4. The molecule has 2 rings (SSSR count). The quantitative estimate of drug-likeness (QED) is 0.319. The van der Waals surface area contributed by atoms with Crippen molar-refractivity contribution in [2.45, 2.75) is 19.8 Å². The van der Waals surface area contributed by atoms with Crippen LogP contribution < -0.4 is 25.6 Å². The Kier molecular flexibility index (Phi) is 8.88. The van der Waals surface area contributed by atoms with Gasteiger partial charge in [0.1, 0.15) is 11.5 Å². The molecule has 0 aliphatic carbocycles. The molecule has 0 saturated heterocycles. The minimum absolute atomic E-state index is 0.0577. The molecule has 2 amide bonds. The highest BCUT2D eigenvalue weighted by Crippen LogP contribution is 2.23. The van der Waals surface area contributed by atoms with E-state index < -0.39 is 11.8 Å². The number of para-hydroxylation sites is 1. The number of thiocarbonyl (C=S) groups is 1. The molecule has 0 unspecified atom stereocenters. The predicted molar refractivity (Wildman–Crippen MR) is 118 cm³/mol. The summed E-state index contributed by atoms with van der Waals surface area (Å²) in [6.45, 7) is 2.57. The van der Waals surface area contributed by atoms with Crippen LogP contribution in [-0.2, 0) is 0 Å². The van der Waals surface area contributed by atoms with Crippen LogP contribution in [0.2, 0.25) is 0 Å². The lowest BCUT2D eigenvalue weighted by Crippen LogP contribution is -2.48. The summed E-state index contributed by atoms with van der Waals surface area (Å²) in [5, 5.41) is 2.47. The lowest BCUT2D eigenvalue weighted by Gasteiger charge is -2.14. The van der Waals surface area contributed by atoms with Crippen molar-refractivity contribution >= 4 is 45.1 Å². The summed E-state index contributed by atoms with van der Waals surface area (Å²) in [5.41, 5.74) is 5.60. The third-order valence-electron chi connectivity index (χ3n) is 3.81. The molecule has 7 nitrogen and oxygen atoms in total. The molecule has 0 saturated carbocycles. The maximum absolute atomic E-state index is 12.6. The van der Waals surface area contributed by atoms with E-state index in [0.29, 0.717) is 29.2 Å². The van der Waals surface area contributed by atoms with Gasteiger partial charge in [-0.05, 0) is 49.0 Å². The van der Waals surface area contributed by atoms with Gasteiger partial charge >= 0.3 is 0 Å². The van der Waals surface area contributed by atoms with E-state index in [1.54, 1.807) is 42.5 Å². The molecule has 0 atom stereocenters. The third kappa shape index (κ3) is 6.72. The number of hydrogen-bond donors (Lipinski definition) is 3. The maximum atomic E-state index is 12.6. The predicted octanol–water partition coefficient (Wildman–Crippen LogP) is 3.59. The third-order valence-corrected chi connectivity index (χ3v) is 4.51. The smallest absolute Gasteiger partial charge is 0.273 e. The van der Waals surface area contributed by atoms with Crippen LogP contribution in [0.4, 0.5) is 0 Å². The Labute approximate surface area is 183 Å². The standard InChI is InChI=1S/C20H22BrN3O4S/c1-3-4-11-28-17-10-9-13(21)12-15(17)18(25)22-20(29)24-23-19(26)14-7-5-6-8-16(14)27-2/h5-10,12H,3-4,11H2,1-2H3,(H,23,26)(H2,22,24,25,29). The first kappa shape index (κ1) is 22.6. The van der Waals surface area contributed by atoms with Crippen LogP contribution in [-0.4, -0.2) is 30.6 Å². The average Bonchev–Trinajstić information content (AvgIpc) is 2.73. The fourth-order valence-corrected chi connectivity index (χ4v) is 2.85. The van der Waals surface area contributed by atoms with Gasteiger partial charge in [0.05, 0.1) is 24.8 Å². The number of carbonyl (C=O) groups excluding carboxylic acids is 2. The van der Waals surface area contributed by atoms with Gasteiger partial charge < -0.3 is 9.47 Å². The molecule has 0 aliphatic rings. The second-order valence-electron chi connectivity index (χ2n) is 5.91. The van der Waals surface area contributed by atoms with Crippen molar-refractivity contribution in [3.63, 3.8) is 0 Å². The van der Waals surface area contributed by atoms with Crippen molar-refractivity contribution in [2.75, 3.05) is 13.7 Å². The molecule has 0 bridgehead atoms. The van der Waals surface area contributed by atoms with Crippen molar-refractivity contribution in [3.05, 3.63) is 58.1 Å². The first-order valence-corrected chi connectivity index (χ1v) is 10.1. The van der Waals surface area contributed by atoms with E-state index >= 15 is 0 Å². The van der Waals surface area contributed by atoms with Gasteiger partial charge in [0.25, 0.3) is 11.8 Å². The van der Waals surface area contributed by atoms with Crippen LogP contribution in [0.3, 0.4) is 0 Å². The summed E-state index contributed by atoms with van der Waals surface area (Å²) in [5.74, 6) is -0.0308. The molecule has 0 fully saturated rings. The van der Waals surface area contributed by atoms with E-state index in [4.69, 9.17) is 21.7 Å². The van der Waals surface area contributed by atoms with E-state index in [1.807, 2.05) is 0 Å². The number of nitrogens with one attached hydrogen (secondary N) is 3. The highest BCUT2D eigenvalue weighted by atomic mass is 79.9. The van der Waals surface area contributed by atoms with Crippen LogP contribution in [0.5, 0.6) is 11.5 Å². The van der Waals surface area contributed by atoms with Crippen LogP contribution in [0, 0.1) is 0 Å². The van der Waals surface area contributed by atoms with Gasteiger partial charge in [0.15, 0.2) is 5.11 Å². The van der Waals surface area contributed by atoms with Crippen LogP contribution >= 0.6 is 28.1 Å².